The number of hydrogen-bond acceptors (Lipinski definition) is 2. The molecule has 2 fully saturated rings. The van der Waals surface area contributed by atoms with E-state index in [2.05, 4.69) is 6.92 Å². The molecule has 0 bridgehead atoms. The maximum absolute atomic E-state index is 6.09. The van der Waals surface area contributed by atoms with Crippen molar-refractivity contribution < 1.29 is 4.74 Å². The minimum absolute atomic E-state index is 0.321. The van der Waals surface area contributed by atoms with E-state index in [9.17, 15) is 0 Å². The predicted octanol–water partition coefficient (Wildman–Crippen LogP) is 1.79. The molecular formula is C11H21NO. The molecule has 0 spiro atoms. The first-order valence-electron chi connectivity index (χ1n) is 5.68. The molecule has 2 N–H and O–H groups in total. The Balaban J connectivity index is 1.65. The molecule has 3 unspecified atom stereocenters. The summed E-state index contributed by atoms with van der Waals surface area (Å²) in [6.07, 6.45) is 5.40. The lowest BCUT2D eigenvalue weighted by Crippen LogP contribution is -2.30. The number of fused-ring (bicyclic) bond motifs is 1. The third-order valence-electron chi connectivity index (χ3n) is 3.63. The summed E-state index contributed by atoms with van der Waals surface area (Å²) in [5.41, 5.74) is 6.09. The van der Waals surface area contributed by atoms with Crippen LogP contribution in [-0.4, -0.2) is 19.3 Å². The van der Waals surface area contributed by atoms with Crippen molar-refractivity contribution in [2.45, 2.75) is 38.6 Å². The van der Waals surface area contributed by atoms with Crippen LogP contribution in [0.25, 0.3) is 0 Å². The molecule has 0 radical (unpaired) electrons. The smallest absolute Gasteiger partial charge is 0.0620 e. The zero-order valence-corrected chi connectivity index (χ0v) is 8.54. The van der Waals surface area contributed by atoms with Gasteiger partial charge in [-0.3, -0.25) is 0 Å². The van der Waals surface area contributed by atoms with Crippen LogP contribution in [0.2, 0.25) is 0 Å². The predicted molar refractivity (Wildman–Crippen MR) is 53.4 cm³/mol. The molecule has 0 aliphatic heterocycles. The van der Waals surface area contributed by atoms with Crippen molar-refractivity contribution in [3.63, 3.8) is 0 Å². The molecule has 2 heteroatoms. The minimum atomic E-state index is 0.321. The molecule has 3 atom stereocenters. The van der Waals surface area contributed by atoms with Gasteiger partial charge in [0.15, 0.2) is 0 Å². The summed E-state index contributed by atoms with van der Waals surface area (Å²) >= 11 is 0. The van der Waals surface area contributed by atoms with E-state index in [1.54, 1.807) is 0 Å². The van der Waals surface area contributed by atoms with Crippen LogP contribution < -0.4 is 5.73 Å². The highest BCUT2D eigenvalue weighted by atomic mass is 16.5. The van der Waals surface area contributed by atoms with E-state index in [1.807, 2.05) is 0 Å². The molecule has 0 aromatic rings. The second-order valence-electron chi connectivity index (χ2n) is 4.57. The lowest BCUT2D eigenvalue weighted by atomic mass is 10.1. The van der Waals surface area contributed by atoms with Crippen LogP contribution >= 0.6 is 0 Å². The van der Waals surface area contributed by atoms with Crippen molar-refractivity contribution in [2.24, 2.45) is 23.5 Å². The van der Waals surface area contributed by atoms with E-state index in [4.69, 9.17) is 10.5 Å². The Morgan fingerprint density at radius 2 is 2.08 bits per heavy atom. The zero-order chi connectivity index (χ0) is 9.26. The summed E-state index contributed by atoms with van der Waals surface area (Å²) in [4.78, 5) is 0. The Labute approximate surface area is 80.8 Å². The van der Waals surface area contributed by atoms with Crippen LogP contribution in [-0.2, 0) is 4.74 Å². The first-order chi connectivity index (χ1) is 6.34. The molecule has 0 aromatic carbocycles. The van der Waals surface area contributed by atoms with Gasteiger partial charge in [-0.2, -0.15) is 0 Å². The highest BCUT2D eigenvalue weighted by Gasteiger charge is 2.54. The van der Waals surface area contributed by atoms with Gasteiger partial charge in [-0.1, -0.05) is 13.3 Å². The van der Waals surface area contributed by atoms with Gasteiger partial charge in [0.05, 0.1) is 6.61 Å². The molecule has 0 heterocycles. The molecule has 0 saturated heterocycles. The molecule has 2 nitrogen and oxygen atoms in total. The summed E-state index contributed by atoms with van der Waals surface area (Å²) < 4.78 is 5.49. The van der Waals surface area contributed by atoms with Crippen molar-refractivity contribution in [3.8, 4) is 0 Å². The van der Waals surface area contributed by atoms with Crippen molar-refractivity contribution in [1.82, 2.24) is 0 Å². The fraction of sp³-hybridized carbons (Fsp3) is 1.00. The van der Waals surface area contributed by atoms with Crippen molar-refractivity contribution in [1.29, 1.82) is 0 Å². The van der Waals surface area contributed by atoms with Gasteiger partial charge < -0.3 is 10.5 Å². The Morgan fingerprint density at radius 1 is 1.38 bits per heavy atom. The SMILES string of the molecule is CCCOCC(N)C1C2CCCC21. The van der Waals surface area contributed by atoms with Crippen molar-refractivity contribution in [3.05, 3.63) is 0 Å². The van der Waals surface area contributed by atoms with Gasteiger partial charge >= 0.3 is 0 Å². The fourth-order valence-corrected chi connectivity index (χ4v) is 2.99. The molecule has 2 rings (SSSR count). The van der Waals surface area contributed by atoms with Gasteiger partial charge in [-0.05, 0) is 37.0 Å². The number of rotatable bonds is 5. The standard InChI is InChI=1S/C11H21NO/c1-2-6-13-7-10(12)11-8-4-3-5-9(8)11/h8-11H,2-7,12H2,1H3. The van der Waals surface area contributed by atoms with E-state index in [0.717, 1.165) is 37.4 Å². The summed E-state index contributed by atoms with van der Waals surface area (Å²) in [7, 11) is 0. The Hall–Kier alpha value is -0.0800. The number of ether oxygens (including phenoxy) is 1. The molecule has 76 valence electrons. The summed E-state index contributed by atoms with van der Waals surface area (Å²) in [5.74, 6) is 2.76. The van der Waals surface area contributed by atoms with E-state index in [-0.39, 0.29) is 0 Å². The monoisotopic (exact) mass is 183 g/mol. The highest BCUT2D eigenvalue weighted by Crippen LogP contribution is 2.58. The third-order valence-corrected chi connectivity index (χ3v) is 3.63. The van der Waals surface area contributed by atoms with Gasteiger partial charge in [-0.25, -0.2) is 0 Å². The second kappa shape index (κ2) is 3.97. The molecule has 13 heavy (non-hydrogen) atoms. The van der Waals surface area contributed by atoms with Crippen LogP contribution in [0.15, 0.2) is 0 Å². The third kappa shape index (κ3) is 1.89. The molecule has 0 aromatic heterocycles. The molecule has 2 aliphatic rings. The average Bonchev–Trinajstić information content (AvgIpc) is 2.61. The van der Waals surface area contributed by atoms with Gasteiger partial charge in [-0.15, -0.1) is 0 Å². The molecule has 0 amide bonds. The first-order valence-corrected chi connectivity index (χ1v) is 5.68. The number of hydrogen-bond donors (Lipinski definition) is 1. The fourth-order valence-electron chi connectivity index (χ4n) is 2.99. The molecule has 2 saturated carbocycles. The van der Waals surface area contributed by atoms with Crippen LogP contribution in [0.1, 0.15) is 32.6 Å². The number of nitrogens with two attached hydrogens (primary N) is 1. The van der Waals surface area contributed by atoms with Gasteiger partial charge in [0.25, 0.3) is 0 Å². The zero-order valence-electron chi connectivity index (χ0n) is 8.54. The largest absolute Gasteiger partial charge is 0.380 e. The van der Waals surface area contributed by atoms with Crippen LogP contribution in [0.3, 0.4) is 0 Å². The van der Waals surface area contributed by atoms with Gasteiger partial charge in [0, 0.05) is 12.6 Å². The quantitative estimate of drug-likeness (QED) is 0.659. The van der Waals surface area contributed by atoms with Gasteiger partial charge in [0.2, 0.25) is 0 Å². The van der Waals surface area contributed by atoms with Crippen LogP contribution in [0.4, 0.5) is 0 Å². The Morgan fingerprint density at radius 3 is 2.69 bits per heavy atom. The molecule has 2 aliphatic carbocycles. The maximum Gasteiger partial charge on any atom is 0.0620 e. The normalized spacial score (nSPS) is 38.8. The highest BCUT2D eigenvalue weighted by molar-refractivity contribution is 5.05. The van der Waals surface area contributed by atoms with Crippen LogP contribution in [0.5, 0.6) is 0 Å². The maximum atomic E-state index is 6.09. The van der Waals surface area contributed by atoms with Crippen molar-refractivity contribution in [2.75, 3.05) is 13.2 Å². The van der Waals surface area contributed by atoms with E-state index in [0.29, 0.717) is 6.04 Å². The summed E-state index contributed by atoms with van der Waals surface area (Å²) in [5, 5.41) is 0. The van der Waals surface area contributed by atoms with Crippen LogP contribution in [0, 0.1) is 17.8 Å². The second-order valence-corrected chi connectivity index (χ2v) is 4.57. The minimum Gasteiger partial charge on any atom is -0.380 e. The topological polar surface area (TPSA) is 35.2 Å². The summed E-state index contributed by atoms with van der Waals surface area (Å²) in [6.45, 7) is 3.79. The average molecular weight is 183 g/mol. The lowest BCUT2D eigenvalue weighted by molar-refractivity contribution is 0.113. The lowest BCUT2D eigenvalue weighted by Gasteiger charge is -2.13. The summed E-state index contributed by atoms with van der Waals surface area (Å²) in [6, 6.07) is 0.321. The van der Waals surface area contributed by atoms with Crippen molar-refractivity contribution >= 4 is 0 Å². The van der Waals surface area contributed by atoms with Gasteiger partial charge in [0.1, 0.15) is 0 Å². The van der Waals surface area contributed by atoms with E-state index >= 15 is 0 Å². The first kappa shape index (κ1) is 9.47. The molecular weight excluding hydrogens is 162 g/mol. The Kier molecular flexibility index (Phi) is 2.89. The Bertz CT molecular complexity index is 161. The van der Waals surface area contributed by atoms with E-state index < -0.39 is 0 Å². The van der Waals surface area contributed by atoms with E-state index in [1.165, 1.54) is 19.3 Å².